The van der Waals surface area contributed by atoms with Crippen LogP contribution in [0.5, 0.6) is 0 Å². The Morgan fingerprint density at radius 1 is 0.905 bits per heavy atom. The number of rotatable bonds is 7. The maximum absolute atomic E-state index is 12.3. The molecule has 0 heterocycles. The normalized spacial score (nSPS) is 10.9. The molecule has 0 spiro atoms. The van der Waals surface area contributed by atoms with Gasteiger partial charge in [-0.3, -0.25) is 13.6 Å². The van der Waals surface area contributed by atoms with Crippen molar-refractivity contribution in [3.8, 4) is 0 Å². The number of hydrogen-bond acceptors (Lipinski definition) is 3. The standard InChI is InChI=1S/C14H14N3O3P/c15-16-17-21(18,19-11-13-7-3-1-4-8-13)20-12-14-9-5-2-6-10-14/h1-10H,11-12H2. The Hall–Kier alpha value is -2.10. The lowest BCUT2D eigenvalue weighted by Crippen LogP contribution is -1.95. The second kappa shape index (κ2) is 7.62. The van der Waals surface area contributed by atoms with Crippen LogP contribution in [-0.2, 0) is 26.8 Å². The lowest BCUT2D eigenvalue weighted by atomic mass is 10.2. The van der Waals surface area contributed by atoms with Gasteiger partial charge in [-0.1, -0.05) is 60.7 Å². The van der Waals surface area contributed by atoms with Gasteiger partial charge in [-0.05, 0) is 16.7 Å². The van der Waals surface area contributed by atoms with Crippen LogP contribution in [0.15, 0.2) is 65.5 Å². The van der Waals surface area contributed by atoms with Crippen molar-refractivity contribution in [3.05, 3.63) is 82.2 Å². The van der Waals surface area contributed by atoms with Crippen LogP contribution < -0.4 is 0 Å². The van der Waals surface area contributed by atoms with E-state index in [4.69, 9.17) is 14.6 Å². The average Bonchev–Trinajstić information content (AvgIpc) is 2.54. The molecule has 108 valence electrons. The third kappa shape index (κ3) is 5.06. The highest BCUT2D eigenvalue weighted by Gasteiger charge is 2.23. The Morgan fingerprint density at radius 3 is 1.71 bits per heavy atom. The first-order valence-electron chi connectivity index (χ1n) is 6.25. The Balaban J connectivity index is 1.99. The fourth-order valence-corrected chi connectivity index (χ4v) is 2.50. The molecule has 2 rings (SSSR count). The molecule has 0 aliphatic rings. The number of hydrogen-bond donors (Lipinski definition) is 0. The predicted molar refractivity (Wildman–Crippen MR) is 79.2 cm³/mol. The highest BCUT2D eigenvalue weighted by molar-refractivity contribution is 7.52. The summed E-state index contributed by atoms with van der Waals surface area (Å²) in [4.78, 5) is 5.72. The number of azide groups is 1. The first kappa shape index (κ1) is 15.3. The molecule has 2 aromatic rings. The quantitative estimate of drug-likeness (QED) is 0.317. The molecule has 0 fully saturated rings. The lowest BCUT2D eigenvalue weighted by Gasteiger charge is -2.13. The van der Waals surface area contributed by atoms with Crippen LogP contribution in [0.25, 0.3) is 10.4 Å². The summed E-state index contributed by atoms with van der Waals surface area (Å²) in [5.41, 5.74) is 10.2. The molecular formula is C14H14N3O3P. The van der Waals surface area contributed by atoms with Crippen molar-refractivity contribution in [2.24, 2.45) is 4.88 Å². The Bertz CT molecular complexity index is 610. The minimum atomic E-state index is -3.84. The second-order valence-electron chi connectivity index (χ2n) is 4.17. The van der Waals surface area contributed by atoms with E-state index >= 15 is 0 Å². The summed E-state index contributed by atoms with van der Waals surface area (Å²) < 4.78 is 22.7. The average molecular weight is 303 g/mol. The number of benzene rings is 2. The fourth-order valence-electron chi connectivity index (χ4n) is 1.60. The van der Waals surface area contributed by atoms with E-state index in [0.717, 1.165) is 11.1 Å². The van der Waals surface area contributed by atoms with Gasteiger partial charge >= 0.3 is 7.75 Å². The zero-order chi connectivity index (χ0) is 15.0. The molecule has 0 atom stereocenters. The molecule has 0 amide bonds. The first-order chi connectivity index (χ1) is 10.2. The van der Waals surface area contributed by atoms with Gasteiger partial charge in [0.1, 0.15) is 0 Å². The Morgan fingerprint density at radius 2 is 1.33 bits per heavy atom. The van der Waals surface area contributed by atoms with E-state index in [9.17, 15) is 4.57 Å². The monoisotopic (exact) mass is 303 g/mol. The molecule has 2 aromatic carbocycles. The molecule has 0 aromatic heterocycles. The highest BCUT2D eigenvalue weighted by Crippen LogP contribution is 2.51. The van der Waals surface area contributed by atoms with Crippen LogP contribution in [0.3, 0.4) is 0 Å². The zero-order valence-corrected chi connectivity index (χ0v) is 12.1. The Labute approximate surface area is 122 Å². The van der Waals surface area contributed by atoms with Gasteiger partial charge < -0.3 is 0 Å². The molecule has 0 radical (unpaired) electrons. The topological polar surface area (TPSA) is 84.3 Å². The largest absolute Gasteiger partial charge is 0.421 e. The molecule has 0 unspecified atom stereocenters. The molecule has 0 aliphatic heterocycles. The SMILES string of the molecule is [N-]=[N+]=NP(=O)(OCc1ccccc1)OCc1ccccc1. The van der Waals surface area contributed by atoms with Gasteiger partial charge in [0.15, 0.2) is 0 Å². The van der Waals surface area contributed by atoms with Gasteiger partial charge in [-0.25, -0.2) is 0 Å². The van der Waals surface area contributed by atoms with Crippen molar-refractivity contribution in [2.45, 2.75) is 13.2 Å². The van der Waals surface area contributed by atoms with Crippen molar-refractivity contribution in [2.75, 3.05) is 0 Å². The van der Waals surface area contributed by atoms with E-state index in [0.29, 0.717) is 0 Å². The summed E-state index contributed by atoms with van der Waals surface area (Å²) in [6.07, 6.45) is 0. The van der Waals surface area contributed by atoms with Crippen LogP contribution in [0, 0.1) is 0 Å². The van der Waals surface area contributed by atoms with Crippen LogP contribution >= 0.6 is 7.75 Å². The Kier molecular flexibility index (Phi) is 5.55. The molecule has 6 nitrogen and oxygen atoms in total. The predicted octanol–water partition coefficient (Wildman–Crippen LogP) is 4.84. The molecule has 7 heteroatoms. The summed E-state index contributed by atoms with van der Waals surface area (Å²) in [7, 11) is -3.84. The maximum atomic E-state index is 12.3. The van der Waals surface area contributed by atoms with E-state index < -0.39 is 7.75 Å². The van der Waals surface area contributed by atoms with Crippen molar-refractivity contribution in [1.82, 2.24) is 0 Å². The van der Waals surface area contributed by atoms with E-state index in [1.54, 1.807) is 0 Å². The van der Waals surface area contributed by atoms with Crippen molar-refractivity contribution < 1.29 is 13.6 Å². The smallest absolute Gasteiger partial charge is 0.299 e. The van der Waals surface area contributed by atoms with Crippen LogP contribution in [0.1, 0.15) is 11.1 Å². The van der Waals surface area contributed by atoms with E-state index in [-0.39, 0.29) is 13.2 Å². The van der Waals surface area contributed by atoms with E-state index in [1.807, 2.05) is 60.7 Å². The van der Waals surface area contributed by atoms with Crippen molar-refractivity contribution in [1.29, 1.82) is 0 Å². The highest BCUT2D eigenvalue weighted by atomic mass is 31.2. The molecule has 0 saturated heterocycles. The summed E-state index contributed by atoms with van der Waals surface area (Å²) in [5.74, 6) is 0. The summed E-state index contributed by atoms with van der Waals surface area (Å²) in [6, 6.07) is 18.3. The fraction of sp³-hybridized carbons (Fsp3) is 0.143. The van der Waals surface area contributed by atoms with Gasteiger partial charge in [0.05, 0.1) is 13.2 Å². The first-order valence-corrected chi connectivity index (χ1v) is 7.75. The van der Waals surface area contributed by atoms with Gasteiger partial charge in [0.2, 0.25) is 0 Å². The molecule has 21 heavy (non-hydrogen) atoms. The minimum Gasteiger partial charge on any atom is -0.299 e. The summed E-state index contributed by atoms with van der Waals surface area (Å²) in [5, 5.41) is 0. The third-order valence-corrected chi connectivity index (χ3v) is 3.83. The lowest BCUT2D eigenvalue weighted by molar-refractivity contribution is 0.191. The van der Waals surface area contributed by atoms with Crippen LogP contribution in [0.2, 0.25) is 0 Å². The van der Waals surface area contributed by atoms with E-state index in [2.05, 4.69) is 9.80 Å². The molecule has 0 bridgehead atoms. The molecular weight excluding hydrogens is 289 g/mol. The van der Waals surface area contributed by atoms with Gasteiger partial charge in [-0.2, -0.15) is 0 Å². The van der Waals surface area contributed by atoms with Crippen LogP contribution in [-0.4, -0.2) is 0 Å². The number of nitrogens with zero attached hydrogens (tertiary/aromatic N) is 3. The summed E-state index contributed by atoms with van der Waals surface area (Å²) >= 11 is 0. The summed E-state index contributed by atoms with van der Waals surface area (Å²) in [6.45, 7) is 0.0951. The van der Waals surface area contributed by atoms with Gasteiger partial charge in [0.25, 0.3) is 0 Å². The zero-order valence-electron chi connectivity index (χ0n) is 11.2. The maximum Gasteiger partial charge on any atom is 0.421 e. The third-order valence-electron chi connectivity index (χ3n) is 2.62. The van der Waals surface area contributed by atoms with Crippen LogP contribution in [0.4, 0.5) is 0 Å². The second-order valence-corrected chi connectivity index (χ2v) is 5.80. The van der Waals surface area contributed by atoms with Crippen molar-refractivity contribution >= 4 is 7.75 Å². The van der Waals surface area contributed by atoms with Gasteiger partial charge in [0, 0.05) is 9.80 Å². The molecule has 0 aliphatic carbocycles. The van der Waals surface area contributed by atoms with Gasteiger partial charge in [-0.15, -0.1) is 0 Å². The molecule has 0 saturated carbocycles. The van der Waals surface area contributed by atoms with Crippen molar-refractivity contribution in [3.63, 3.8) is 0 Å². The molecule has 0 N–H and O–H groups in total. The van der Waals surface area contributed by atoms with E-state index in [1.165, 1.54) is 0 Å². The minimum absolute atomic E-state index is 0.0475.